The van der Waals surface area contributed by atoms with Crippen LogP contribution in [0.25, 0.3) is 0 Å². The van der Waals surface area contributed by atoms with Crippen LogP contribution in [0, 0.1) is 19.8 Å². The number of benzene rings is 1. The Labute approximate surface area is 156 Å². The average molecular weight is 355 g/mol. The molecule has 1 aliphatic heterocycles. The number of ether oxygens (including phenoxy) is 1. The number of rotatable bonds is 7. The molecule has 1 unspecified atom stereocenters. The molecule has 0 radical (unpaired) electrons. The maximum Gasteiger partial charge on any atom is 0.253 e. The van der Waals surface area contributed by atoms with E-state index in [0.29, 0.717) is 5.92 Å². The van der Waals surface area contributed by atoms with Crippen molar-refractivity contribution >= 4 is 5.91 Å². The van der Waals surface area contributed by atoms with Crippen LogP contribution in [-0.4, -0.2) is 46.9 Å². The lowest BCUT2D eigenvalue weighted by Gasteiger charge is -2.17. The van der Waals surface area contributed by atoms with Crippen molar-refractivity contribution in [3.8, 4) is 0 Å². The fraction of sp³-hybridized carbons (Fsp3) is 0.524. The number of aromatic nitrogens is 2. The molecule has 26 heavy (non-hydrogen) atoms. The first-order valence-electron chi connectivity index (χ1n) is 9.54. The summed E-state index contributed by atoms with van der Waals surface area (Å²) in [6.07, 6.45) is 2.07. The van der Waals surface area contributed by atoms with Gasteiger partial charge >= 0.3 is 0 Å². The van der Waals surface area contributed by atoms with Gasteiger partial charge in [0.2, 0.25) is 0 Å². The molecule has 1 atom stereocenters. The number of carbonyl (C=O) groups excluding carboxylic acids is 1. The molecular formula is C21H29N3O2. The molecule has 5 nitrogen and oxygen atoms in total. The predicted octanol–water partition coefficient (Wildman–Crippen LogP) is 3.44. The van der Waals surface area contributed by atoms with Gasteiger partial charge in [0.25, 0.3) is 5.91 Å². The fourth-order valence-electron chi connectivity index (χ4n) is 3.49. The van der Waals surface area contributed by atoms with E-state index >= 15 is 0 Å². The Morgan fingerprint density at radius 2 is 2.04 bits per heavy atom. The van der Waals surface area contributed by atoms with Crippen LogP contribution >= 0.6 is 0 Å². The molecule has 2 aromatic rings. The third-order valence-corrected chi connectivity index (χ3v) is 4.91. The molecule has 0 spiro atoms. The lowest BCUT2D eigenvalue weighted by molar-refractivity contribution is 0.0754. The largest absolute Gasteiger partial charge is 0.381 e. The Morgan fingerprint density at radius 3 is 2.69 bits per heavy atom. The average Bonchev–Trinajstić information content (AvgIpc) is 3.22. The molecule has 5 heteroatoms. The zero-order valence-corrected chi connectivity index (χ0v) is 16.1. The normalized spacial score (nSPS) is 17.0. The van der Waals surface area contributed by atoms with Gasteiger partial charge in [0.15, 0.2) is 0 Å². The van der Waals surface area contributed by atoms with Crippen molar-refractivity contribution in [3.63, 3.8) is 0 Å². The van der Waals surface area contributed by atoms with E-state index in [1.165, 1.54) is 0 Å². The van der Waals surface area contributed by atoms with E-state index in [9.17, 15) is 4.79 Å². The summed E-state index contributed by atoms with van der Waals surface area (Å²) >= 11 is 0. The Hall–Kier alpha value is -2.14. The van der Waals surface area contributed by atoms with Gasteiger partial charge in [0, 0.05) is 36.9 Å². The number of hydrogen-bond acceptors (Lipinski definition) is 3. The lowest BCUT2D eigenvalue weighted by Crippen LogP contribution is -2.29. The van der Waals surface area contributed by atoms with Crippen molar-refractivity contribution < 1.29 is 9.53 Å². The van der Waals surface area contributed by atoms with Crippen LogP contribution in [0.2, 0.25) is 0 Å². The molecule has 0 saturated carbocycles. The van der Waals surface area contributed by atoms with E-state index in [-0.39, 0.29) is 5.91 Å². The molecule has 1 aliphatic rings. The first-order chi connectivity index (χ1) is 12.6. The van der Waals surface area contributed by atoms with E-state index < -0.39 is 0 Å². The maximum atomic E-state index is 12.7. The van der Waals surface area contributed by atoms with Crippen molar-refractivity contribution in [3.05, 3.63) is 52.8 Å². The summed E-state index contributed by atoms with van der Waals surface area (Å²) in [6, 6.07) is 10.0. The number of likely N-dealkylation sites (tertiary alicyclic amines) is 1. The number of nitrogens with zero attached hydrogens (tertiary/aromatic N) is 3. The molecule has 0 bridgehead atoms. The molecular weight excluding hydrogens is 326 g/mol. The second-order valence-corrected chi connectivity index (χ2v) is 7.26. The van der Waals surface area contributed by atoms with E-state index in [1.54, 1.807) is 0 Å². The van der Waals surface area contributed by atoms with Gasteiger partial charge in [-0.1, -0.05) is 19.1 Å². The first kappa shape index (κ1) is 18.6. The second-order valence-electron chi connectivity index (χ2n) is 7.26. The highest BCUT2D eigenvalue weighted by molar-refractivity contribution is 5.94. The van der Waals surface area contributed by atoms with Crippen LogP contribution in [0.4, 0.5) is 0 Å². The van der Waals surface area contributed by atoms with Crippen LogP contribution < -0.4 is 0 Å². The van der Waals surface area contributed by atoms with Crippen molar-refractivity contribution in [2.24, 2.45) is 5.92 Å². The van der Waals surface area contributed by atoms with Gasteiger partial charge in [0.1, 0.15) is 0 Å². The summed E-state index contributed by atoms with van der Waals surface area (Å²) in [5.74, 6) is 0.594. The van der Waals surface area contributed by atoms with Gasteiger partial charge in [-0.3, -0.25) is 9.48 Å². The lowest BCUT2D eigenvalue weighted by atomic mass is 10.1. The fourth-order valence-corrected chi connectivity index (χ4v) is 3.49. The Kier molecular flexibility index (Phi) is 6.09. The summed E-state index contributed by atoms with van der Waals surface area (Å²) < 4.78 is 7.63. The van der Waals surface area contributed by atoms with E-state index in [2.05, 4.69) is 25.0 Å². The van der Waals surface area contributed by atoms with Crippen molar-refractivity contribution in [2.45, 2.75) is 40.2 Å². The number of hydrogen-bond donors (Lipinski definition) is 0. The molecule has 0 aliphatic carbocycles. The van der Waals surface area contributed by atoms with Crippen LogP contribution in [-0.2, 0) is 11.3 Å². The summed E-state index contributed by atoms with van der Waals surface area (Å²) in [6.45, 7) is 10.1. The SMILES string of the molecule is CCCOCC1CCN(C(=O)c2ccc(Cn3nc(C)cc3C)cc2)C1. The Balaban J connectivity index is 1.56. The van der Waals surface area contributed by atoms with Gasteiger partial charge in [-0.2, -0.15) is 5.10 Å². The summed E-state index contributed by atoms with van der Waals surface area (Å²) in [7, 11) is 0. The highest BCUT2D eigenvalue weighted by atomic mass is 16.5. The molecule has 140 valence electrons. The van der Waals surface area contributed by atoms with E-state index in [4.69, 9.17) is 4.74 Å². The zero-order valence-electron chi connectivity index (χ0n) is 16.1. The van der Waals surface area contributed by atoms with Gasteiger partial charge < -0.3 is 9.64 Å². The van der Waals surface area contributed by atoms with Gasteiger partial charge in [0.05, 0.1) is 18.8 Å². The third kappa shape index (κ3) is 4.52. The first-order valence-corrected chi connectivity index (χ1v) is 9.54. The summed E-state index contributed by atoms with van der Waals surface area (Å²) in [5, 5.41) is 4.49. The quantitative estimate of drug-likeness (QED) is 0.715. The predicted molar refractivity (Wildman–Crippen MR) is 102 cm³/mol. The topological polar surface area (TPSA) is 47.4 Å². The van der Waals surface area contributed by atoms with Crippen LogP contribution in [0.15, 0.2) is 30.3 Å². The molecule has 2 heterocycles. The molecule has 3 rings (SSSR count). The smallest absolute Gasteiger partial charge is 0.253 e. The molecule has 1 saturated heterocycles. The molecule has 1 aromatic heterocycles. The van der Waals surface area contributed by atoms with Gasteiger partial charge in [-0.05, 0) is 50.5 Å². The summed E-state index contributed by atoms with van der Waals surface area (Å²) in [4.78, 5) is 14.7. The van der Waals surface area contributed by atoms with Crippen LogP contribution in [0.5, 0.6) is 0 Å². The van der Waals surface area contributed by atoms with Gasteiger partial charge in [-0.25, -0.2) is 0 Å². The van der Waals surface area contributed by atoms with E-state index in [1.807, 2.05) is 40.8 Å². The van der Waals surface area contributed by atoms with Crippen molar-refractivity contribution in [1.82, 2.24) is 14.7 Å². The molecule has 1 aromatic carbocycles. The summed E-state index contributed by atoms with van der Waals surface area (Å²) in [5.41, 5.74) is 4.09. The molecule has 1 amide bonds. The van der Waals surface area contributed by atoms with Crippen LogP contribution in [0.3, 0.4) is 0 Å². The second kappa shape index (κ2) is 8.49. The monoisotopic (exact) mass is 355 g/mol. The number of aryl methyl sites for hydroxylation is 2. The van der Waals surface area contributed by atoms with Crippen molar-refractivity contribution in [2.75, 3.05) is 26.3 Å². The number of carbonyl (C=O) groups is 1. The standard InChI is InChI=1S/C21H29N3O2/c1-4-11-26-15-19-9-10-23(13-19)21(25)20-7-5-18(6-8-20)14-24-17(3)12-16(2)22-24/h5-8,12,19H,4,9-11,13-15H2,1-3H3. The minimum absolute atomic E-state index is 0.126. The van der Waals surface area contributed by atoms with E-state index in [0.717, 1.165) is 68.2 Å². The molecule has 0 N–H and O–H groups in total. The third-order valence-electron chi connectivity index (χ3n) is 4.91. The highest BCUT2D eigenvalue weighted by Crippen LogP contribution is 2.19. The minimum Gasteiger partial charge on any atom is -0.381 e. The Morgan fingerprint density at radius 1 is 1.27 bits per heavy atom. The Bertz CT molecular complexity index is 736. The zero-order chi connectivity index (χ0) is 18.5. The minimum atomic E-state index is 0.126. The highest BCUT2D eigenvalue weighted by Gasteiger charge is 2.26. The van der Waals surface area contributed by atoms with Crippen LogP contribution in [0.1, 0.15) is 47.1 Å². The number of amides is 1. The maximum absolute atomic E-state index is 12.7. The van der Waals surface area contributed by atoms with Crippen molar-refractivity contribution in [1.29, 1.82) is 0 Å². The molecule has 1 fully saturated rings. The van der Waals surface area contributed by atoms with Gasteiger partial charge in [-0.15, -0.1) is 0 Å².